The zero-order chi connectivity index (χ0) is 16.9. The van der Waals surface area contributed by atoms with E-state index in [2.05, 4.69) is 24.5 Å². The minimum Gasteiger partial charge on any atom is -0.312 e. The highest BCUT2D eigenvalue weighted by atomic mass is 19.4. The fourth-order valence-electron chi connectivity index (χ4n) is 3.26. The fraction of sp³-hybridized carbons (Fsp3) is 0.667. The number of alkyl halides is 3. The first-order chi connectivity index (χ1) is 10.9. The van der Waals surface area contributed by atoms with Gasteiger partial charge in [-0.2, -0.15) is 13.2 Å². The monoisotopic (exact) mass is 328 g/mol. The standard InChI is InChI=1S/C18H27F3N2/c1-13-4-3-5-17(14(13)2)23-11-10-22-12-15-6-8-16(9-7-15)18(19,20)21/h6-9,13-14,17,22-23H,3-5,10-12H2,1-2H3. The molecule has 0 amide bonds. The van der Waals surface area contributed by atoms with Crippen LogP contribution in [0.2, 0.25) is 0 Å². The van der Waals surface area contributed by atoms with Crippen molar-refractivity contribution in [2.24, 2.45) is 11.8 Å². The molecule has 130 valence electrons. The third-order valence-corrected chi connectivity index (χ3v) is 5.03. The Labute approximate surface area is 136 Å². The van der Waals surface area contributed by atoms with Crippen LogP contribution < -0.4 is 10.6 Å². The Balaban J connectivity index is 1.65. The first kappa shape index (κ1) is 18.3. The summed E-state index contributed by atoms with van der Waals surface area (Å²) < 4.78 is 37.5. The van der Waals surface area contributed by atoms with Crippen molar-refractivity contribution in [1.29, 1.82) is 0 Å². The Hall–Kier alpha value is -1.07. The Bertz CT molecular complexity index is 470. The molecule has 1 saturated carbocycles. The summed E-state index contributed by atoms with van der Waals surface area (Å²) in [6, 6.07) is 5.94. The molecule has 1 aliphatic carbocycles. The van der Waals surface area contributed by atoms with E-state index >= 15 is 0 Å². The van der Waals surface area contributed by atoms with Gasteiger partial charge in [0.05, 0.1) is 5.56 Å². The predicted molar refractivity (Wildman–Crippen MR) is 87.1 cm³/mol. The molecule has 1 aliphatic rings. The topological polar surface area (TPSA) is 24.1 Å². The largest absolute Gasteiger partial charge is 0.416 e. The lowest BCUT2D eigenvalue weighted by Crippen LogP contribution is -2.43. The third-order valence-electron chi connectivity index (χ3n) is 5.03. The predicted octanol–water partition coefficient (Wildman–Crippen LogP) is 4.21. The van der Waals surface area contributed by atoms with Gasteiger partial charge in [-0.1, -0.05) is 38.8 Å². The normalized spacial score (nSPS) is 25.5. The van der Waals surface area contributed by atoms with E-state index < -0.39 is 11.7 Å². The van der Waals surface area contributed by atoms with E-state index in [1.165, 1.54) is 31.4 Å². The first-order valence-electron chi connectivity index (χ1n) is 8.48. The van der Waals surface area contributed by atoms with E-state index in [9.17, 15) is 13.2 Å². The van der Waals surface area contributed by atoms with Crippen molar-refractivity contribution in [3.63, 3.8) is 0 Å². The molecule has 3 atom stereocenters. The average molecular weight is 328 g/mol. The van der Waals surface area contributed by atoms with E-state index in [0.29, 0.717) is 18.5 Å². The van der Waals surface area contributed by atoms with Crippen LogP contribution in [0.1, 0.15) is 44.2 Å². The molecule has 1 aromatic rings. The third kappa shape index (κ3) is 5.50. The second-order valence-corrected chi connectivity index (χ2v) is 6.70. The van der Waals surface area contributed by atoms with Gasteiger partial charge < -0.3 is 10.6 Å². The summed E-state index contributed by atoms with van der Waals surface area (Å²) in [5.74, 6) is 1.49. The van der Waals surface area contributed by atoms with Gasteiger partial charge >= 0.3 is 6.18 Å². The summed E-state index contributed by atoms with van der Waals surface area (Å²) in [4.78, 5) is 0. The van der Waals surface area contributed by atoms with Crippen LogP contribution in [-0.2, 0) is 12.7 Å². The number of hydrogen-bond donors (Lipinski definition) is 2. The van der Waals surface area contributed by atoms with Crippen LogP contribution in [0.5, 0.6) is 0 Å². The quantitative estimate of drug-likeness (QED) is 0.765. The lowest BCUT2D eigenvalue weighted by atomic mass is 9.78. The minimum absolute atomic E-state index is 0.589. The number of benzene rings is 1. The minimum atomic E-state index is -4.26. The Morgan fingerprint density at radius 1 is 1.04 bits per heavy atom. The van der Waals surface area contributed by atoms with E-state index in [4.69, 9.17) is 0 Å². The molecule has 0 spiro atoms. The Morgan fingerprint density at radius 2 is 1.74 bits per heavy atom. The van der Waals surface area contributed by atoms with Crippen molar-refractivity contribution >= 4 is 0 Å². The molecule has 23 heavy (non-hydrogen) atoms. The molecule has 1 fully saturated rings. The second kappa shape index (κ2) is 8.15. The second-order valence-electron chi connectivity index (χ2n) is 6.70. The molecule has 2 nitrogen and oxygen atoms in total. The van der Waals surface area contributed by atoms with Crippen LogP contribution in [0.25, 0.3) is 0 Å². The molecule has 2 rings (SSSR count). The molecule has 5 heteroatoms. The number of halogens is 3. The first-order valence-corrected chi connectivity index (χ1v) is 8.48. The Morgan fingerprint density at radius 3 is 2.39 bits per heavy atom. The molecule has 2 N–H and O–H groups in total. The molecule has 0 aromatic heterocycles. The number of nitrogens with one attached hydrogen (secondary N) is 2. The van der Waals surface area contributed by atoms with Crippen LogP contribution in [-0.4, -0.2) is 19.1 Å². The summed E-state index contributed by atoms with van der Waals surface area (Å²) in [7, 11) is 0. The van der Waals surface area contributed by atoms with Crippen molar-refractivity contribution in [3.8, 4) is 0 Å². The highest BCUT2D eigenvalue weighted by Gasteiger charge is 2.30. The van der Waals surface area contributed by atoms with E-state index in [1.54, 1.807) is 0 Å². The summed E-state index contributed by atoms with van der Waals surface area (Å²) in [6.07, 6.45) is -0.401. The highest BCUT2D eigenvalue weighted by molar-refractivity contribution is 5.24. The molecule has 1 aromatic carbocycles. The SMILES string of the molecule is CC1CCCC(NCCNCc2ccc(C(F)(F)F)cc2)C1C. The van der Waals surface area contributed by atoms with Gasteiger partial charge in [-0.05, 0) is 36.0 Å². The van der Waals surface area contributed by atoms with Crippen molar-refractivity contribution < 1.29 is 13.2 Å². The van der Waals surface area contributed by atoms with Gasteiger partial charge in [0.2, 0.25) is 0 Å². The number of hydrogen-bond acceptors (Lipinski definition) is 2. The van der Waals surface area contributed by atoms with Gasteiger partial charge in [0, 0.05) is 25.7 Å². The van der Waals surface area contributed by atoms with Crippen molar-refractivity contribution in [2.75, 3.05) is 13.1 Å². The summed E-state index contributed by atoms with van der Waals surface area (Å²) in [5.41, 5.74) is 0.279. The smallest absolute Gasteiger partial charge is 0.312 e. The lowest BCUT2D eigenvalue weighted by molar-refractivity contribution is -0.137. The van der Waals surface area contributed by atoms with Gasteiger partial charge in [-0.3, -0.25) is 0 Å². The van der Waals surface area contributed by atoms with Crippen LogP contribution in [0, 0.1) is 11.8 Å². The van der Waals surface area contributed by atoms with E-state index in [1.807, 2.05) is 0 Å². The zero-order valence-corrected chi connectivity index (χ0v) is 13.9. The van der Waals surface area contributed by atoms with Crippen LogP contribution in [0.15, 0.2) is 24.3 Å². The maximum absolute atomic E-state index is 12.5. The number of rotatable bonds is 6. The molecule has 3 unspecified atom stereocenters. The highest BCUT2D eigenvalue weighted by Crippen LogP contribution is 2.30. The van der Waals surface area contributed by atoms with Gasteiger partial charge in [-0.15, -0.1) is 0 Å². The van der Waals surface area contributed by atoms with Gasteiger partial charge in [0.15, 0.2) is 0 Å². The maximum Gasteiger partial charge on any atom is 0.416 e. The van der Waals surface area contributed by atoms with Crippen LogP contribution in [0.4, 0.5) is 13.2 Å². The molecule has 0 bridgehead atoms. The zero-order valence-electron chi connectivity index (χ0n) is 13.9. The molecule has 0 aliphatic heterocycles. The van der Waals surface area contributed by atoms with Gasteiger partial charge in [0.1, 0.15) is 0 Å². The van der Waals surface area contributed by atoms with Crippen molar-refractivity contribution in [1.82, 2.24) is 10.6 Å². The summed E-state index contributed by atoms with van der Waals surface area (Å²) in [5, 5.41) is 6.89. The summed E-state index contributed by atoms with van der Waals surface area (Å²) in [6.45, 7) is 6.94. The van der Waals surface area contributed by atoms with Crippen LogP contribution >= 0.6 is 0 Å². The molecular weight excluding hydrogens is 301 g/mol. The maximum atomic E-state index is 12.5. The van der Waals surface area contributed by atoms with Gasteiger partial charge in [0.25, 0.3) is 0 Å². The van der Waals surface area contributed by atoms with Crippen molar-refractivity contribution in [3.05, 3.63) is 35.4 Å². The molecule has 0 saturated heterocycles. The summed E-state index contributed by atoms with van der Waals surface area (Å²) >= 11 is 0. The van der Waals surface area contributed by atoms with Gasteiger partial charge in [-0.25, -0.2) is 0 Å². The lowest BCUT2D eigenvalue weighted by Gasteiger charge is -2.34. The molecule has 0 heterocycles. The van der Waals surface area contributed by atoms with E-state index in [0.717, 1.165) is 36.7 Å². The molecular formula is C18H27F3N2. The van der Waals surface area contributed by atoms with Crippen molar-refractivity contribution in [2.45, 2.75) is 51.9 Å². The molecule has 0 radical (unpaired) electrons. The van der Waals surface area contributed by atoms with E-state index in [-0.39, 0.29) is 0 Å². The average Bonchev–Trinajstić information content (AvgIpc) is 2.50. The Kier molecular flexibility index (Phi) is 6.48. The fourth-order valence-corrected chi connectivity index (χ4v) is 3.26. The van der Waals surface area contributed by atoms with Crippen LogP contribution in [0.3, 0.4) is 0 Å².